The summed E-state index contributed by atoms with van der Waals surface area (Å²) in [6.07, 6.45) is 3.03. The van der Waals surface area contributed by atoms with Gasteiger partial charge in [0, 0.05) is 17.2 Å². The minimum Gasteiger partial charge on any atom is -0.481 e. The largest absolute Gasteiger partial charge is 0.481 e. The lowest BCUT2D eigenvalue weighted by atomic mass is 10.2. The lowest BCUT2D eigenvalue weighted by Gasteiger charge is -2.09. The Morgan fingerprint density at radius 2 is 1.95 bits per heavy atom. The van der Waals surface area contributed by atoms with Gasteiger partial charge in [0.15, 0.2) is 0 Å². The zero-order valence-corrected chi connectivity index (χ0v) is 12.9. The van der Waals surface area contributed by atoms with Gasteiger partial charge in [-0.25, -0.2) is 0 Å². The van der Waals surface area contributed by atoms with Crippen LogP contribution in [0.3, 0.4) is 0 Å². The fourth-order valence-electron chi connectivity index (χ4n) is 1.74. The van der Waals surface area contributed by atoms with Crippen LogP contribution in [0.4, 0.5) is 5.69 Å². The molecule has 6 heteroatoms. The average molecular weight is 319 g/mol. The molecule has 0 saturated heterocycles. The number of carbonyl (C=O) groups is 1. The van der Waals surface area contributed by atoms with E-state index in [1.54, 1.807) is 24.3 Å². The van der Waals surface area contributed by atoms with Crippen LogP contribution in [-0.4, -0.2) is 25.1 Å². The van der Waals surface area contributed by atoms with Gasteiger partial charge in [0.1, 0.15) is 5.69 Å². The third-order valence-electron chi connectivity index (χ3n) is 2.81. The monoisotopic (exact) mass is 318 g/mol. The van der Waals surface area contributed by atoms with Crippen molar-refractivity contribution >= 4 is 29.3 Å². The number of hydrogen-bond acceptors (Lipinski definition) is 4. The van der Waals surface area contributed by atoms with Crippen molar-refractivity contribution in [3.05, 3.63) is 53.1 Å². The van der Waals surface area contributed by atoms with Gasteiger partial charge in [0.05, 0.1) is 14.2 Å². The van der Waals surface area contributed by atoms with Crippen molar-refractivity contribution < 1.29 is 14.3 Å². The molecule has 0 fully saturated rings. The fraction of sp³-hybridized carbons (Fsp3) is 0.125. The SMILES string of the molecule is COc1ccc(NC(=O)C=Cc2ccccc2Cl)c(OC)n1. The molecule has 114 valence electrons. The molecule has 1 aromatic heterocycles. The molecule has 22 heavy (non-hydrogen) atoms. The van der Waals surface area contributed by atoms with Crippen LogP contribution < -0.4 is 14.8 Å². The summed E-state index contributed by atoms with van der Waals surface area (Å²) in [6.45, 7) is 0. The minimum absolute atomic E-state index is 0.277. The quantitative estimate of drug-likeness (QED) is 0.858. The fourth-order valence-corrected chi connectivity index (χ4v) is 1.94. The highest BCUT2D eigenvalue weighted by Crippen LogP contribution is 2.24. The number of nitrogens with zero attached hydrogens (tertiary/aromatic N) is 1. The Morgan fingerprint density at radius 1 is 1.18 bits per heavy atom. The van der Waals surface area contributed by atoms with E-state index in [1.165, 1.54) is 20.3 Å². The molecule has 0 spiro atoms. The predicted molar refractivity (Wildman–Crippen MR) is 86.5 cm³/mol. The highest BCUT2D eigenvalue weighted by molar-refractivity contribution is 6.32. The Bertz CT molecular complexity index is 702. The van der Waals surface area contributed by atoms with Gasteiger partial charge < -0.3 is 14.8 Å². The first-order valence-corrected chi connectivity index (χ1v) is 6.84. The molecule has 0 radical (unpaired) electrons. The minimum atomic E-state index is -0.315. The number of carbonyl (C=O) groups excluding carboxylic acids is 1. The second-order valence-electron chi connectivity index (χ2n) is 4.25. The van der Waals surface area contributed by atoms with E-state index in [1.807, 2.05) is 18.2 Å². The predicted octanol–water partition coefficient (Wildman–Crippen LogP) is 3.40. The second-order valence-corrected chi connectivity index (χ2v) is 4.66. The summed E-state index contributed by atoms with van der Waals surface area (Å²) in [5.74, 6) is 0.366. The zero-order valence-electron chi connectivity index (χ0n) is 12.2. The number of hydrogen-bond donors (Lipinski definition) is 1. The Kier molecular flexibility index (Phi) is 5.38. The molecule has 0 aliphatic rings. The summed E-state index contributed by atoms with van der Waals surface area (Å²) in [5.41, 5.74) is 1.22. The number of anilines is 1. The van der Waals surface area contributed by atoms with Crippen molar-refractivity contribution in [3.63, 3.8) is 0 Å². The zero-order chi connectivity index (χ0) is 15.9. The maximum Gasteiger partial charge on any atom is 0.248 e. The van der Waals surface area contributed by atoms with Gasteiger partial charge in [-0.2, -0.15) is 4.98 Å². The molecule has 1 aromatic carbocycles. The average Bonchev–Trinajstić information content (AvgIpc) is 2.54. The third-order valence-corrected chi connectivity index (χ3v) is 3.16. The standard InChI is InChI=1S/C16H15ClN2O3/c1-21-15-10-8-13(16(19-15)22-2)18-14(20)9-7-11-5-3-4-6-12(11)17/h3-10H,1-2H3,(H,18,20). The lowest BCUT2D eigenvalue weighted by Crippen LogP contribution is -2.09. The maximum atomic E-state index is 12.0. The molecule has 1 amide bonds. The highest BCUT2D eigenvalue weighted by Gasteiger charge is 2.08. The number of amides is 1. The summed E-state index contributed by atoms with van der Waals surface area (Å²) in [7, 11) is 2.98. The van der Waals surface area contributed by atoms with Crippen molar-refractivity contribution in [2.45, 2.75) is 0 Å². The van der Waals surface area contributed by atoms with E-state index in [4.69, 9.17) is 21.1 Å². The number of methoxy groups -OCH3 is 2. The second kappa shape index (κ2) is 7.47. The Labute approximate surface area is 133 Å². The molecule has 1 N–H and O–H groups in total. The van der Waals surface area contributed by atoms with E-state index in [0.29, 0.717) is 16.6 Å². The molecule has 0 bridgehead atoms. The summed E-state index contributed by atoms with van der Waals surface area (Å²) >= 11 is 6.02. The number of pyridine rings is 1. The first-order valence-electron chi connectivity index (χ1n) is 6.46. The summed E-state index contributed by atoms with van der Waals surface area (Å²) in [5, 5.41) is 3.27. The van der Waals surface area contributed by atoms with Crippen molar-refractivity contribution in [1.29, 1.82) is 0 Å². The van der Waals surface area contributed by atoms with Crippen molar-refractivity contribution in [1.82, 2.24) is 4.98 Å². The molecule has 0 aliphatic carbocycles. The van der Waals surface area contributed by atoms with Crippen LogP contribution in [-0.2, 0) is 4.79 Å². The Morgan fingerprint density at radius 3 is 2.64 bits per heavy atom. The molecule has 0 saturated carbocycles. The molecule has 1 heterocycles. The van der Waals surface area contributed by atoms with Gasteiger partial charge in [-0.05, 0) is 23.8 Å². The number of halogens is 1. The van der Waals surface area contributed by atoms with E-state index in [2.05, 4.69) is 10.3 Å². The van der Waals surface area contributed by atoms with Gasteiger partial charge in [-0.1, -0.05) is 29.8 Å². The van der Waals surface area contributed by atoms with E-state index in [-0.39, 0.29) is 11.8 Å². The van der Waals surface area contributed by atoms with Gasteiger partial charge in [-0.15, -0.1) is 0 Å². The topological polar surface area (TPSA) is 60.5 Å². The van der Waals surface area contributed by atoms with E-state index in [9.17, 15) is 4.79 Å². The first kappa shape index (κ1) is 15.9. The van der Waals surface area contributed by atoms with Crippen LogP contribution in [0.5, 0.6) is 11.8 Å². The van der Waals surface area contributed by atoms with Crippen LogP contribution in [0.2, 0.25) is 5.02 Å². The van der Waals surface area contributed by atoms with Gasteiger partial charge in [-0.3, -0.25) is 4.79 Å². The summed E-state index contributed by atoms with van der Waals surface area (Å²) < 4.78 is 10.1. The van der Waals surface area contributed by atoms with Crippen molar-refractivity contribution in [3.8, 4) is 11.8 Å². The summed E-state index contributed by atoms with van der Waals surface area (Å²) in [6, 6.07) is 10.5. The lowest BCUT2D eigenvalue weighted by molar-refractivity contribution is -0.111. The highest BCUT2D eigenvalue weighted by atomic mass is 35.5. The van der Waals surface area contributed by atoms with Crippen LogP contribution >= 0.6 is 11.6 Å². The molecular formula is C16H15ClN2O3. The molecule has 0 aliphatic heterocycles. The van der Waals surface area contributed by atoms with E-state index >= 15 is 0 Å². The van der Waals surface area contributed by atoms with Crippen LogP contribution in [0.25, 0.3) is 6.08 Å². The normalized spacial score (nSPS) is 10.5. The number of ether oxygens (including phenoxy) is 2. The third kappa shape index (κ3) is 3.99. The van der Waals surface area contributed by atoms with Gasteiger partial charge in [0.2, 0.25) is 17.7 Å². The van der Waals surface area contributed by atoms with Gasteiger partial charge >= 0.3 is 0 Å². The Balaban J connectivity index is 2.11. The molecule has 0 unspecified atom stereocenters. The summed E-state index contributed by atoms with van der Waals surface area (Å²) in [4.78, 5) is 16.1. The molecular weight excluding hydrogens is 304 g/mol. The molecule has 2 aromatic rings. The van der Waals surface area contributed by atoms with E-state index < -0.39 is 0 Å². The van der Waals surface area contributed by atoms with Crippen molar-refractivity contribution in [2.24, 2.45) is 0 Å². The Hall–Kier alpha value is -2.53. The van der Waals surface area contributed by atoms with E-state index in [0.717, 1.165) is 5.56 Å². The number of benzene rings is 1. The maximum absolute atomic E-state index is 12.0. The number of rotatable bonds is 5. The first-order chi connectivity index (χ1) is 10.6. The van der Waals surface area contributed by atoms with Crippen LogP contribution in [0.15, 0.2) is 42.5 Å². The van der Waals surface area contributed by atoms with Crippen molar-refractivity contribution in [2.75, 3.05) is 19.5 Å². The van der Waals surface area contributed by atoms with Gasteiger partial charge in [0.25, 0.3) is 0 Å². The molecule has 0 atom stereocenters. The van der Waals surface area contributed by atoms with Crippen LogP contribution in [0.1, 0.15) is 5.56 Å². The molecule has 2 rings (SSSR count). The number of aromatic nitrogens is 1. The smallest absolute Gasteiger partial charge is 0.248 e. The number of nitrogens with one attached hydrogen (secondary N) is 1. The van der Waals surface area contributed by atoms with Crippen LogP contribution in [0, 0.1) is 0 Å². The molecule has 5 nitrogen and oxygen atoms in total.